The van der Waals surface area contributed by atoms with Crippen LogP contribution >= 0.6 is 15.9 Å². The Morgan fingerprint density at radius 3 is 2.57 bits per heavy atom. The van der Waals surface area contributed by atoms with Crippen molar-refractivity contribution in [2.45, 2.75) is 12.8 Å². The molecule has 0 radical (unpaired) electrons. The zero-order chi connectivity index (χ0) is 10.0. The van der Waals surface area contributed by atoms with Gasteiger partial charge >= 0.3 is 0 Å². The summed E-state index contributed by atoms with van der Waals surface area (Å²) in [5.41, 5.74) is 4.65. The molecule has 0 aliphatic carbocycles. The molecule has 3 nitrogen and oxygen atoms in total. The molecule has 0 unspecified atom stereocenters. The highest BCUT2D eigenvalue weighted by atomic mass is 79.9. The first kappa shape index (κ1) is 10.1. The lowest BCUT2D eigenvalue weighted by atomic mass is 10.3. The normalized spacial score (nSPS) is 19.9. The second-order valence-corrected chi connectivity index (χ2v) is 4.50. The number of rotatable bonds is 2. The second kappa shape index (κ2) is 3.96. The first-order chi connectivity index (χ1) is 6.77. The molecule has 1 fully saturated rings. The molecule has 0 aromatic carbocycles. The van der Waals surface area contributed by atoms with Crippen molar-refractivity contribution in [3.8, 4) is 0 Å². The molecule has 14 heavy (non-hydrogen) atoms. The summed E-state index contributed by atoms with van der Waals surface area (Å²) in [6.45, 7) is 2.33. The standard InChI is InChI=1S/C10H15BrN3/c1-12-14(6-2-3-7-14)9-4-5-10(11)13-8-9/h4-5,8,12H,2-3,6-7H2,1H3/q+1. The van der Waals surface area contributed by atoms with E-state index in [1.807, 2.05) is 19.3 Å². The molecule has 1 aliphatic rings. The zero-order valence-electron chi connectivity index (χ0n) is 8.33. The summed E-state index contributed by atoms with van der Waals surface area (Å²) in [5, 5.41) is 0. The third-order valence-corrected chi connectivity index (χ3v) is 3.43. The number of nitrogens with one attached hydrogen (secondary N) is 1. The number of aromatic nitrogens is 1. The number of pyridine rings is 1. The molecule has 2 heterocycles. The molecule has 0 atom stereocenters. The lowest BCUT2D eigenvalue weighted by Crippen LogP contribution is -2.55. The van der Waals surface area contributed by atoms with Crippen LogP contribution in [0.4, 0.5) is 5.69 Å². The molecule has 1 aliphatic heterocycles. The van der Waals surface area contributed by atoms with Gasteiger partial charge in [0.15, 0.2) is 5.69 Å². The van der Waals surface area contributed by atoms with Gasteiger partial charge in [0.25, 0.3) is 0 Å². The Bertz CT molecular complexity index is 304. The van der Waals surface area contributed by atoms with E-state index in [1.165, 1.54) is 31.6 Å². The van der Waals surface area contributed by atoms with Gasteiger partial charge < -0.3 is 0 Å². The molecule has 0 spiro atoms. The van der Waals surface area contributed by atoms with Gasteiger partial charge in [-0.05, 0) is 22.0 Å². The quantitative estimate of drug-likeness (QED) is 0.648. The van der Waals surface area contributed by atoms with Gasteiger partial charge in [0, 0.05) is 26.0 Å². The second-order valence-electron chi connectivity index (χ2n) is 3.68. The zero-order valence-corrected chi connectivity index (χ0v) is 9.92. The summed E-state index contributed by atoms with van der Waals surface area (Å²) >= 11 is 3.36. The van der Waals surface area contributed by atoms with Crippen molar-refractivity contribution >= 4 is 21.6 Å². The van der Waals surface area contributed by atoms with Crippen LogP contribution in [0.5, 0.6) is 0 Å². The van der Waals surface area contributed by atoms with Gasteiger partial charge in [-0.3, -0.25) is 0 Å². The fourth-order valence-electron chi connectivity index (χ4n) is 2.11. The van der Waals surface area contributed by atoms with E-state index in [9.17, 15) is 0 Å². The Balaban J connectivity index is 2.31. The van der Waals surface area contributed by atoms with Crippen molar-refractivity contribution < 1.29 is 0 Å². The highest BCUT2D eigenvalue weighted by molar-refractivity contribution is 9.10. The minimum absolute atomic E-state index is 0.875. The van der Waals surface area contributed by atoms with Crippen molar-refractivity contribution in [2.24, 2.45) is 0 Å². The molecule has 0 saturated carbocycles. The minimum Gasteiger partial charge on any atom is -0.243 e. The summed E-state index contributed by atoms with van der Waals surface area (Å²) in [7, 11) is 2.02. The average Bonchev–Trinajstić information content (AvgIpc) is 2.68. The van der Waals surface area contributed by atoms with Gasteiger partial charge in [-0.1, -0.05) is 0 Å². The van der Waals surface area contributed by atoms with Crippen LogP contribution in [-0.4, -0.2) is 25.1 Å². The van der Waals surface area contributed by atoms with Crippen LogP contribution in [0.25, 0.3) is 0 Å². The number of hydrogen-bond acceptors (Lipinski definition) is 2. The molecule has 0 amide bonds. The molecule has 4 heteroatoms. The molecule has 1 aromatic rings. The lowest BCUT2D eigenvalue weighted by Gasteiger charge is -2.31. The fourth-order valence-corrected chi connectivity index (χ4v) is 2.34. The summed E-state index contributed by atoms with van der Waals surface area (Å²) in [6.07, 6.45) is 4.53. The van der Waals surface area contributed by atoms with E-state index < -0.39 is 0 Å². The monoisotopic (exact) mass is 256 g/mol. The number of quaternary nitrogens is 1. The summed E-state index contributed by atoms with van der Waals surface area (Å²) in [6, 6.07) is 4.14. The largest absolute Gasteiger partial charge is 0.243 e. The van der Waals surface area contributed by atoms with E-state index in [1.54, 1.807) is 0 Å². The van der Waals surface area contributed by atoms with E-state index >= 15 is 0 Å². The third kappa shape index (κ3) is 1.69. The minimum atomic E-state index is 0.875. The Labute approximate surface area is 92.8 Å². The Morgan fingerprint density at radius 2 is 2.07 bits per heavy atom. The maximum atomic E-state index is 4.28. The molecular formula is C10H15BrN3+. The summed E-state index contributed by atoms with van der Waals surface area (Å²) < 4.78 is 1.77. The van der Waals surface area contributed by atoms with Crippen LogP contribution in [0.1, 0.15) is 12.8 Å². The predicted octanol–water partition coefficient (Wildman–Crippen LogP) is 2.08. The Kier molecular flexibility index (Phi) is 2.85. The summed E-state index contributed by atoms with van der Waals surface area (Å²) in [4.78, 5) is 4.28. The van der Waals surface area contributed by atoms with Gasteiger partial charge in [0.2, 0.25) is 0 Å². The number of halogens is 1. The van der Waals surface area contributed by atoms with Crippen LogP contribution in [0.15, 0.2) is 22.9 Å². The Hall–Kier alpha value is -0.450. The van der Waals surface area contributed by atoms with Crippen LogP contribution in [-0.2, 0) is 0 Å². The van der Waals surface area contributed by atoms with E-state index in [0.717, 1.165) is 9.20 Å². The third-order valence-electron chi connectivity index (χ3n) is 2.96. The number of hydrogen-bond donors (Lipinski definition) is 1. The van der Waals surface area contributed by atoms with Gasteiger partial charge in [-0.15, -0.1) is 0 Å². The van der Waals surface area contributed by atoms with Crippen molar-refractivity contribution in [1.29, 1.82) is 0 Å². The van der Waals surface area contributed by atoms with Gasteiger partial charge in [0.05, 0.1) is 6.20 Å². The fraction of sp³-hybridized carbons (Fsp3) is 0.500. The van der Waals surface area contributed by atoms with Crippen LogP contribution in [0.3, 0.4) is 0 Å². The van der Waals surface area contributed by atoms with Crippen molar-refractivity contribution in [3.63, 3.8) is 0 Å². The molecule has 1 N–H and O–H groups in total. The first-order valence-electron chi connectivity index (χ1n) is 4.95. The van der Waals surface area contributed by atoms with Crippen LogP contribution in [0.2, 0.25) is 0 Å². The van der Waals surface area contributed by atoms with Crippen LogP contribution < -0.4 is 10.0 Å². The molecular weight excluding hydrogens is 242 g/mol. The Morgan fingerprint density at radius 1 is 1.36 bits per heavy atom. The van der Waals surface area contributed by atoms with E-state index in [0.29, 0.717) is 0 Å². The first-order valence-corrected chi connectivity index (χ1v) is 5.74. The smallest absolute Gasteiger partial charge is 0.170 e. The van der Waals surface area contributed by atoms with Gasteiger partial charge in [-0.2, -0.15) is 5.43 Å². The molecule has 1 saturated heterocycles. The van der Waals surface area contributed by atoms with E-state index in [2.05, 4.69) is 32.4 Å². The van der Waals surface area contributed by atoms with Crippen LogP contribution in [0, 0.1) is 0 Å². The van der Waals surface area contributed by atoms with E-state index in [4.69, 9.17) is 0 Å². The molecule has 2 rings (SSSR count). The number of nitrogens with zero attached hydrogens (tertiary/aromatic N) is 2. The molecule has 76 valence electrons. The highest BCUT2D eigenvalue weighted by Crippen LogP contribution is 2.26. The molecule has 1 aromatic heterocycles. The predicted molar refractivity (Wildman–Crippen MR) is 61.8 cm³/mol. The van der Waals surface area contributed by atoms with Crippen molar-refractivity contribution in [1.82, 2.24) is 15.0 Å². The maximum Gasteiger partial charge on any atom is 0.170 e. The lowest BCUT2D eigenvalue weighted by molar-refractivity contribution is 0.259. The van der Waals surface area contributed by atoms with Crippen molar-refractivity contribution in [3.05, 3.63) is 22.9 Å². The van der Waals surface area contributed by atoms with E-state index in [-0.39, 0.29) is 0 Å². The highest BCUT2D eigenvalue weighted by Gasteiger charge is 2.33. The SMILES string of the molecule is CN[N+]1(c2ccc(Br)nc2)CCCC1. The van der Waals surface area contributed by atoms with Gasteiger partial charge in [0.1, 0.15) is 17.7 Å². The summed E-state index contributed by atoms with van der Waals surface area (Å²) in [5.74, 6) is 0. The maximum absolute atomic E-state index is 4.28. The topological polar surface area (TPSA) is 24.9 Å². The van der Waals surface area contributed by atoms with Gasteiger partial charge in [-0.25, -0.2) is 9.58 Å². The average molecular weight is 257 g/mol. The molecule has 0 bridgehead atoms. The van der Waals surface area contributed by atoms with Crippen molar-refractivity contribution in [2.75, 3.05) is 20.1 Å².